The number of aromatic nitrogens is 3. The third-order valence-electron chi connectivity index (χ3n) is 4.88. The molecule has 1 N–H and O–H groups in total. The standard InChI is InChI=1S/C23H19ClN4/c1-14-8-9-20-21(10-14)27-23(26-20)18(13-25)12-17-11-15(2)28(16(17)3)22-7-5-4-6-19(22)24/h4-12H,1-3H3,(H,26,27). The van der Waals surface area contributed by atoms with Gasteiger partial charge in [-0.1, -0.05) is 29.8 Å². The second kappa shape index (κ2) is 7.03. The molecule has 0 aliphatic rings. The number of benzene rings is 2. The zero-order valence-corrected chi connectivity index (χ0v) is 16.7. The summed E-state index contributed by atoms with van der Waals surface area (Å²) >= 11 is 6.40. The number of nitriles is 1. The number of hydrogen-bond acceptors (Lipinski definition) is 2. The summed E-state index contributed by atoms with van der Waals surface area (Å²) in [7, 11) is 0. The smallest absolute Gasteiger partial charge is 0.149 e. The van der Waals surface area contributed by atoms with Crippen molar-refractivity contribution in [3.8, 4) is 11.8 Å². The summed E-state index contributed by atoms with van der Waals surface area (Å²) in [4.78, 5) is 7.84. The number of aryl methyl sites for hydroxylation is 2. The first-order valence-corrected chi connectivity index (χ1v) is 9.38. The molecular formula is C23H19ClN4. The molecule has 0 aliphatic carbocycles. The fourth-order valence-corrected chi connectivity index (χ4v) is 3.72. The molecule has 4 rings (SSSR count). The van der Waals surface area contributed by atoms with Crippen molar-refractivity contribution in [1.29, 1.82) is 5.26 Å². The van der Waals surface area contributed by atoms with Gasteiger partial charge in [0.05, 0.1) is 27.3 Å². The quantitative estimate of drug-likeness (QED) is 0.439. The Bertz CT molecular complexity index is 1270. The van der Waals surface area contributed by atoms with E-state index in [1.165, 1.54) is 0 Å². The van der Waals surface area contributed by atoms with E-state index in [2.05, 4.69) is 26.7 Å². The molecule has 0 radical (unpaired) electrons. The van der Waals surface area contributed by atoms with Gasteiger partial charge < -0.3 is 9.55 Å². The first-order chi connectivity index (χ1) is 13.5. The minimum absolute atomic E-state index is 0.494. The Morgan fingerprint density at radius 3 is 2.68 bits per heavy atom. The van der Waals surface area contributed by atoms with E-state index in [-0.39, 0.29) is 0 Å². The summed E-state index contributed by atoms with van der Waals surface area (Å²) in [5, 5.41) is 10.4. The van der Waals surface area contributed by atoms with Crippen molar-refractivity contribution >= 4 is 34.3 Å². The van der Waals surface area contributed by atoms with Gasteiger partial charge in [-0.2, -0.15) is 5.26 Å². The minimum Gasteiger partial charge on any atom is -0.337 e. The van der Waals surface area contributed by atoms with Gasteiger partial charge in [-0.15, -0.1) is 0 Å². The van der Waals surface area contributed by atoms with Crippen LogP contribution < -0.4 is 0 Å². The van der Waals surface area contributed by atoms with Crippen LogP contribution in [0, 0.1) is 32.1 Å². The van der Waals surface area contributed by atoms with Gasteiger partial charge in [0.2, 0.25) is 0 Å². The number of rotatable bonds is 3. The van der Waals surface area contributed by atoms with Gasteiger partial charge in [-0.3, -0.25) is 0 Å². The molecule has 0 bridgehead atoms. The maximum absolute atomic E-state index is 9.74. The number of halogens is 1. The molecular weight excluding hydrogens is 368 g/mol. The van der Waals surface area contributed by atoms with E-state index in [1.54, 1.807) is 0 Å². The summed E-state index contributed by atoms with van der Waals surface area (Å²) in [5.74, 6) is 0.575. The molecule has 2 aromatic heterocycles. The van der Waals surface area contributed by atoms with E-state index in [9.17, 15) is 5.26 Å². The fraction of sp³-hybridized carbons (Fsp3) is 0.130. The van der Waals surface area contributed by atoms with Gasteiger partial charge in [-0.25, -0.2) is 4.98 Å². The van der Waals surface area contributed by atoms with Crippen molar-refractivity contribution in [3.63, 3.8) is 0 Å². The zero-order valence-electron chi connectivity index (χ0n) is 15.9. The number of fused-ring (bicyclic) bond motifs is 1. The van der Waals surface area contributed by atoms with Crippen LogP contribution in [0.1, 0.15) is 28.3 Å². The number of H-pyrrole nitrogens is 1. The van der Waals surface area contributed by atoms with Crippen LogP contribution in [0.2, 0.25) is 5.02 Å². The van der Waals surface area contributed by atoms with Crippen LogP contribution >= 0.6 is 11.6 Å². The molecule has 28 heavy (non-hydrogen) atoms. The Morgan fingerprint density at radius 1 is 1.14 bits per heavy atom. The minimum atomic E-state index is 0.494. The van der Waals surface area contributed by atoms with Crippen LogP contribution in [-0.4, -0.2) is 14.5 Å². The molecule has 0 saturated heterocycles. The van der Waals surface area contributed by atoms with E-state index in [1.807, 2.05) is 69.3 Å². The maximum atomic E-state index is 9.74. The highest BCUT2D eigenvalue weighted by molar-refractivity contribution is 6.32. The number of aromatic amines is 1. The maximum Gasteiger partial charge on any atom is 0.149 e. The highest BCUT2D eigenvalue weighted by atomic mass is 35.5. The lowest BCUT2D eigenvalue weighted by molar-refractivity contribution is 0.965. The van der Waals surface area contributed by atoms with Crippen LogP contribution in [0.3, 0.4) is 0 Å². The van der Waals surface area contributed by atoms with E-state index >= 15 is 0 Å². The third-order valence-corrected chi connectivity index (χ3v) is 5.20. The number of para-hydroxylation sites is 1. The molecule has 0 saturated carbocycles. The summed E-state index contributed by atoms with van der Waals surface area (Å²) in [6.07, 6.45) is 1.88. The number of hydrogen-bond donors (Lipinski definition) is 1. The van der Waals surface area contributed by atoms with Gasteiger partial charge in [0, 0.05) is 11.4 Å². The zero-order chi connectivity index (χ0) is 19.8. The number of imidazole rings is 1. The van der Waals surface area contributed by atoms with Crippen molar-refractivity contribution in [2.75, 3.05) is 0 Å². The number of nitrogens with zero attached hydrogens (tertiary/aromatic N) is 3. The molecule has 0 amide bonds. The lowest BCUT2D eigenvalue weighted by atomic mass is 10.1. The number of nitrogens with one attached hydrogen (secondary N) is 1. The molecule has 0 aliphatic heterocycles. The van der Waals surface area contributed by atoms with Gasteiger partial charge in [-0.05, 0) is 68.3 Å². The van der Waals surface area contributed by atoms with Crippen LogP contribution in [0.25, 0.3) is 28.4 Å². The van der Waals surface area contributed by atoms with Crippen LogP contribution in [0.5, 0.6) is 0 Å². The lowest BCUT2D eigenvalue weighted by Crippen LogP contribution is -1.99. The van der Waals surface area contributed by atoms with Crippen LogP contribution in [0.4, 0.5) is 0 Å². The van der Waals surface area contributed by atoms with E-state index in [0.29, 0.717) is 16.4 Å². The molecule has 0 unspecified atom stereocenters. The molecule has 4 aromatic rings. The lowest BCUT2D eigenvalue weighted by Gasteiger charge is -2.11. The third kappa shape index (κ3) is 3.11. The van der Waals surface area contributed by atoms with Crippen LogP contribution in [-0.2, 0) is 0 Å². The molecule has 2 heterocycles. The van der Waals surface area contributed by atoms with Crippen molar-refractivity contribution in [2.45, 2.75) is 20.8 Å². The Kier molecular flexibility index (Phi) is 4.54. The summed E-state index contributed by atoms with van der Waals surface area (Å²) < 4.78 is 2.10. The molecule has 2 aromatic carbocycles. The average molecular weight is 387 g/mol. The topological polar surface area (TPSA) is 57.4 Å². The van der Waals surface area contributed by atoms with E-state index < -0.39 is 0 Å². The summed E-state index contributed by atoms with van der Waals surface area (Å²) in [6, 6.07) is 18.1. The van der Waals surface area contributed by atoms with Gasteiger partial charge in [0.1, 0.15) is 11.9 Å². The Morgan fingerprint density at radius 2 is 1.93 bits per heavy atom. The van der Waals surface area contributed by atoms with Crippen molar-refractivity contribution in [3.05, 3.63) is 81.9 Å². The van der Waals surface area contributed by atoms with Crippen LogP contribution in [0.15, 0.2) is 48.5 Å². The second-order valence-electron chi connectivity index (χ2n) is 6.89. The summed E-state index contributed by atoms with van der Waals surface area (Å²) in [6.45, 7) is 6.09. The highest BCUT2D eigenvalue weighted by Gasteiger charge is 2.14. The second-order valence-corrected chi connectivity index (χ2v) is 7.30. The fourth-order valence-electron chi connectivity index (χ4n) is 3.50. The first kappa shape index (κ1) is 18.1. The molecule has 0 spiro atoms. The number of allylic oxidation sites excluding steroid dienone is 1. The molecule has 0 atom stereocenters. The molecule has 138 valence electrons. The van der Waals surface area contributed by atoms with E-state index in [4.69, 9.17) is 11.6 Å². The highest BCUT2D eigenvalue weighted by Crippen LogP contribution is 2.28. The van der Waals surface area contributed by atoms with Crippen molar-refractivity contribution < 1.29 is 0 Å². The Labute approximate surface area is 168 Å². The summed E-state index contributed by atoms with van der Waals surface area (Å²) in [5.41, 5.74) is 7.38. The van der Waals surface area contributed by atoms with Crippen molar-refractivity contribution in [1.82, 2.24) is 14.5 Å². The predicted molar refractivity (Wildman–Crippen MR) is 115 cm³/mol. The van der Waals surface area contributed by atoms with Gasteiger partial charge in [0.15, 0.2) is 0 Å². The normalized spacial score (nSPS) is 11.8. The monoisotopic (exact) mass is 386 g/mol. The molecule has 5 heteroatoms. The van der Waals surface area contributed by atoms with Crippen molar-refractivity contribution in [2.24, 2.45) is 0 Å². The largest absolute Gasteiger partial charge is 0.337 e. The molecule has 4 nitrogen and oxygen atoms in total. The van der Waals surface area contributed by atoms with E-state index in [0.717, 1.165) is 39.2 Å². The average Bonchev–Trinajstić information content (AvgIpc) is 3.20. The Balaban J connectivity index is 1.82. The van der Waals surface area contributed by atoms with Gasteiger partial charge >= 0.3 is 0 Å². The van der Waals surface area contributed by atoms with Gasteiger partial charge in [0.25, 0.3) is 0 Å². The molecule has 0 fully saturated rings. The first-order valence-electron chi connectivity index (χ1n) is 9.00. The predicted octanol–water partition coefficient (Wildman–Crippen LogP) is 6.00. The Hall–Kier alpha value is -3.29. The SMILES string of the molecule is Cc1ccc2nc(C(C#N)=Cc3cc(C)n(-c4ccccc4Cl)c3C)[nH]c2c1.